The Hall–Kier alpha value is -2.54. The normalized spacial score (nSPS) is 22.3. The molecule has 0 N–H and O–H groups in total. The lowest BCUT2D eigenvalue weighted by Crippen LogP contribution is -2.19. The number of rotatable bonds is 6. The first-order chi connectivity index (χ1) is 11.2. The number of furan rings is 1. The van der Waals surface area contributed by atoms with Crippen LogP contribution in [-0.4, -0.2) is 5.97 Å². The minimum absolute atomic E-state index is 0.137. The highest BCUT2D eigenvalue weighted by molar-refractivity contribution is 5.84. The molecule has 1 aliphatic carbocycles. The molecular weight excluding hydrogens is 290 g/mol. The van der Waals surface area contributed by atoms with Gasteiger partial charge in [-0.2, -0.15) is 5.26 Å². The average molecular weight is 309 g/mol. The Morgan fingerprint density at radius 1 is 1.39 bits per heavy atom. The number of carbonyl (C=O) groups is 1. The Morgan fingerprint density at radius 2 is 2.17 bits per heavy atom. The second-order valence-corrected chi connectivity index (χ2v) is 6.05. The van der Waals surface area contributed by atoms with Gasteiger partial charge in [0.05, 0.1) is 12.3 Å². The summed E-state index contributed by atoms with van der Waals surface area (Å²) in [5.74, 6) is 0.561. The molecule has 3 rings (SSSR count). The minimum Gasteiger partial charge on any atom is -0.469 e. The molecule has 0 amide bonds. The van der Waals surface area contributed by atoms with Crippen LogP contribution in [0.4, 0.5) is 0 Å². The average Bonchev–Trinajstić information content (AvgIpc) is 3.17. The number of esters is 1. The quantitative estimate of drug-likeness (QED) is 0.760. The molecule has 1 aromatic carbocycles. The zero-order valence-electron chi connectivity index (χ0n) is 13.1. The van der Waals surface area contributed by atoms with Crippen LogP contribution < -0.4 is 0 Å². The van der Waals surface area contributed by atoms with Gasteiger partial charge in [0.15, 0.2) is 5.41 Å². The van der Waals surface area contributed by atoms with Gasteiger partial charge >= 0.3 is 5.97 Å². The fraction of sp³-hybridized carbons (Fsp3) is 0.368. The van der Waals surface area contributed by atoms with E-state index in [0.717, 1.165) is 23.3 Å². The third kappa shape index (κ3) is 3.14. The van der Waals surface area contributed by atoms with Crippen molar-refractivity contribution in [3.05, 3.63) is 59.5 Å². The van der Waals surface area contributed by atoms with Crippen molar-refractivity contribution in [3.63, 3.8) is 0 Å². The fourth-order valence-corrected chi connectivity index (χ4v) is 2.92. The van der Waals surface area contributed by atoms with Crippen LogP contribution in [0.3, 0.4) is 0 Å². The van der Waals surface area contributed by atoms with Crippen LogP contribution in [0.1, 0.15) is 36.7 Å². The summed E-state index contributed by atoms with van der Waals surface area (Å²) >= 11 is 0. The smallest absolute Gasteiger partial charge is 0.327 e. The van der Waals surface area contributed by atoms with E-state index in [1.807, 2.05) is 43.3 Å². The van der Waals surface area contributed by atoms with Gasteiger partial charge in [-0.3, -0.25) is 4.79 Å². The fourth-order valence-electron chi connectivity index (χ4n) is 2.92. The number of nitrogens with zero attached hydrogens (tertiary/aromatic N) is 1. The highest BCUT2D eigenvalue weighted by atomic mass is 16.5. The summed E-state index contributed by atoms with van der Waals surface area (Å²) in [6.45, 7) is 2.14. The predicted molar refractivity (Wildman–Crippen MR) is 84.2 cm³/mol. The molecule has 23 heavy (non-hydrogen) atoms. The van der Waals surface area contributed by atoms with E-state index in [-0.39, 0.29) is 12.5 Å². The van der Waals surface area contributed by atoms with Crippen LogP contribution in [0.5, 0.6) is 0 Å². The van der Waals surface area contributed by atoms with Gasteiger partial charge in [0, 0.05) is 12.0 Å². The molecule has 0 bridgehead atoms. The second-order valence-electron chi connectivity index (χ2n) is 6.05. The van der Waals surface area contributed by atoms with Crippen LogP contribution in [0.25, 0.3) is 0 Å². The van der Waals surface area contributed by atoms with Crippen molar-refractivity contribution in [1.29, 1.82) is 5.26 Å². The van der Waals surface area contributed by atoms with Crippen LogP contribution in [0, 0.1) is 22.7 Å². The zero-order chi connectivity index (χ0) is 16.3. The molecular formula is C19H19NO3. The molecule has 1 aromatic heterocycles. The van der Waals surface area contributed by atoms with Gasteiger partial charge in [0.25, 0.3) is 0 Å². The van der Waals surface area contributed by atoms with Crippen LogP contribution in [0.15, 0.2) is 47.1 Å². The van der Waals surface area contributed by atoms with Crippen molar-refractivity contribution in [2.24, 2.45) is 11.3 Å². The highest BCUT2D eigenvalue weighted by Crippen LogP contribution is 2.54. The number of hydrogen-bond donors (Lipinski definition) is 0. The summed E-state index contributed by atoms with van der Waals surface area (Å²) in [5, 5.41) is 9.22. The molecule has 118 valence electrons. The molecule has 2 unspecified atom stereocenters. The van der Waals surface area contributed by atoms with E-state index < -0.39 is 11.4 Å². The molecule has 0 aliphatic heterocycles. The van der Waals surface area contributed by atoms with Gasteiger partial charge in [-0.15, -0.1) is 0 Å². The molecule has 1 fully saturated rings. The van der Waals surface area contributed by atoms with Crippen LogP contribution in [0.2, 0.25) is 0 Å². The lowest BCUT2D eigenvalue weighted by molar-refractivity contribution is -0.149. The van der Waals surface area contributed by atoms with Crippen molar-refractivity contribution in [2.75, 3.05) is 0 Å². The van der Waals surface area contributed by atoms with Gasteiger partial charge < -0.3 is 9.15 Å². The maximum absolute atomic E-state index is 12.1. The third-order valence-electron chi connectivity index (χ3n) is 4.46. The predicted octanol–water partition coefficient (Wildman–Crippen LogP) is 3.85. The van der Waals surface area contributed by atoms with Crippen molar-refractivity contribution in [2.45, 2.75) is 32.8 Å². The van der Waals surface area contributed by atoms with E-state index in [9.17, 15) is 10.1 Å². The highest BCUT2D eigenvalue weighted by Gasteiger charge is 2.61. The first-order valence-electron chi connectivity index (χ1n) is 7.86. The Bertz CT molecular complexity index is 729. The molecule has 2 atom stereocenters. The van der Waals surface area contributed by atoms with Crippen molar-refractivity contribution < 1.29 is 13.9 Å². The van der Waals surface area contributed by atoms with E-state index in [2.05, 4.69) is 6.07 Å². The number of benzene rings is 1. The molecule has 1 saturated carbocycles. The van der Waals surface area contributed by atoms with Gasteiger partial charge in [-0.1, -0.05) is 43.7 Å². The first-order valence-corrected chi connectivity index (χ1v) is 7.86. The van der Waals surface area contributed by atoms with Gasteiger partial charge in [-0.25, -0.2) is 0 Å². The summed E-state index contributed by atoms with van der Waals surface area (Å²) in [4.78, 5) is 12.1. The molecule has 4 heteroatoms. The number of carbonyl (C=O) groups excluding carboxylic acids is 1. The summed E-state index contributed by atoms with van der Waals surface area (Å²) in [6.07, 6.45) is 3.75. The number of hydrogen-bond acceptors (Lipinski definition) is 4. The molecule has 0 saturated heterocycles. The molecule has 1 aliphatic rings. The monoisotopic (exact) mass is 309 g/mol. The second kappa shape index (κ2) is 6.29. The lowest BCUT2D eigenvalue weighted by Gasteiger charge is -2.07. The maximum atomic E-state index is 12.1. The van der Waals surface area contributed by atoms with E-state index >= 15 is 0 Å². The van der Waals surface area contributed by atoms with Crippen LogP contribution >= 0.6 is 0 Å². The SMILES string of the molecule is CCC1CC1(C#N)C(=O)OCc1coc(Cc2ccccc2)c1. The molecule has 2 aromatic rings. The van der Waals surface area contributed by atoms with Crippen molar-refractivity contribution in [1.82, 2.24) is 0 Å². The Balaban J connectivity index is 1.56. The van der Waals surface area contributed by atoms with E-state index in [4.69, 9.17) is 9.15 Å². The van der Waals surface area contributed by atoms with Gasteiger partial charge in [0.2, 0.25) is 0 Å². The first kappa shape index (κ1) is 15.4. The summed E-state index contributed by atoms with van der Waals surface area (Å²) < 4.78 is 10.8. The van der Waals surface area contributed by atoms with Crippen molar-refractivity contribution >= 4 is 5.97 Å². The molecule has 0 spiro atoms. The Kier molecular flexibility index (Phi) is 4.20. The lowest BCUT2D eigenvalue weighted by atomic mass is 10.1. The van der Waals surface area contributed by atoms with E-state index in [0.29, 0.717) is 12.8 Å². The Labute approximate surface area is 135 Å². The largest absolute Gasteiger partial charge is 0.469 e. The third-order valence-corrected chi connectivity index (χ3v) is 4.46. The molecule has 1 heterocycles. The standard InChI is InChI=1S/C19H19NO3/c1-2-16-10-19(16,13-20)18(21)23-12-15-9-17(22-11-15)8-14-6-4-3-5-7-14/h3-7,9,11,16H,2,8,10,12H2,1H3. The zero-order valence-corrected chi connectivity index (χ0v) is 13.1. The summed E-state index contributed by atoms with van der Waals surface area (Å²) in [7, 11) is 0. The number of nitriles is 1. The molecule has 4 nitrogen and oxygen atoms in total. The Morgan fingerprint density at radius 3 is 2.83 bits per heavy atom. The summed E-state index contributed by atoms with van der Waals surface area (Å²) in [5.41, 5.74) is 1.06. The summed E-state index contributed by atoms with van der Waals surface area (Å²) in [6, 6.07) is 14.1. The van der Waals surface area contributed by atoms with Crippen molar-refractivity contribution in [3.8, 4) is 6.07 Å². The minimum atomic E-state index is -0.911. The van der Waals surface area contributed by atoms with Gasteiger partial charge in [0.1, 0.15) is 12.4 Å². The topological polar surface area (TPSA) is 63.2 Å². The molecule has 0 radical (unpaired) electrons. The number of ether oxygens (including phenoxy) is 1. The maximum Gasteiger partial charge on any atom is 0.327 e. The van der Waals surface area contributed by atoms with Crippen LogP contribution in [-0.2, 0) is 22.6 Å². The van der Waals surface area contributed by atoms with E-state index in [1.54, 1.807) is 6.26 Å². The van der Waals surface area contributed by atoms with Gasteiger partial charge in [-0.05, 0) is 24.0 Å². The van der Waals surface area contributed by atoms with E-state index in [1.165, 1.54) is 0 Å².